The minimum absolute atomic E-state index is 0.0474. The lowest BCUT2D eigenvalue weighted by Gasteiger charge is -2.29. The molecule has 0 aromatic heterocycles. The Morgan fingerprint density at radius 2 is 2.00 bits per heavy atom. The molecule has 3 aromatic carbocycles. The molecule has 0 aliphatic carbocycles. The van der Waals surface area contributed by atoms with E-state index in [1.54, 1.807) is 31.4 Å². The van der Waals surface area contributed by atoms with E-state index in [9.17, 15) is 14.9 Å². The number of carbonyl (C=O) groups excluding carboxylic acids is 1. The summed E-state index contributed by atoms with van der Waals surface area (Å²) in [5.74, 6) is 1.91. The first-order valence-electron chi connectivity index (χ1n) is 10.8. The summed E-state index contributed by atoms with van der Waals surface area (Å²) in [4.78, 5) is 25.7. The summed E-state index contributed by atoms with van der Waals surface area (Å²) in [5.41, 5.74) is 2.87. The number of hydrogen-bond donors (Lipinski definition) is 0. The zero-order chi connectivity index (χ0) is 23.7. The van der Waals surface area contributed by atoms with Crippen LogP contribution < -0.4 is 14.2 Å². The average Bonchev–Trinajstić information content (AvgIpc) is 3.18. The maximum Gasteiger partial charge on any atom is 0.270 e. The van der Waals surface area contributed by atoms with Crippen LogP contribution in [0, 0.1) is 10.1 Å². The minimum atomic E-state index is -0.471. The molecular weight excluding hydrogens is 436 g/mol. The first kappa shape index (κ1) is 21.7. The van der Waals surface area contributed by atoms with Crippen LogP contribution in [0.15, 0.2) is 66.4 Å². The molecule has 8 nitrogen and oxygen atoms in total. The van der Waals surface area contributed by atoms with Gasteiger partial charge in [0.2, 0.25) is 5.78 Å². The summed E-state index contributed by atoms with van der Waals surface area (Å²) < 4.78 is 17.4. The predicted octanol–water partition coefficient (Wildman–Crippen LogP) is 4.61. The largest absolute Gasteiger partial charge is 0.496 e. The van der Waals surface area contributed by atoms with Crippen molar-refractivity contribution in [3.63, 3.8) is 0 Å². The number of allylic oxidation sites excluding steroid dienone is 1. The van der Waals surface area contributed by atoms with Crippen LogP contribution in [-0.2, 0) is 13.0 Å². The van der Waals surface area contributed by atoms with Crippen molar-refractivity contribution in [2.75, 3.05) is 20.4 Å². The fourth-order valence-electron chi connectivity index (χ4n) is 4.22. The van der Waals surface area contributed by atoms with Crippen LogP contribution in [0.1, 0.15) is 27.0 Å². The van der Waals surface area contributed by atoms with Crippen molar-refractivity contribution in [1.82, 2.24) is 4.90 Å². The number of para-hydroxylation sites is 1. The van der Waals surface area contributed by atoms with Crippen molar-refractivity contribution in [1.29, 1.82) is 0 Å². The van der Waals surface area contributed by atoms with E-state index in [4.69, 9.17) is 14.2 Å². The normalized spacial score (nSPS) is 15.9. The third-order valence-electron chi connectivity index (χ3n) is 5.95. The topological polar surface area (TPSA) is 91.1 Å². The maximum atomic E-state index is 13.0. The second kappa shape index (κ2) is 8.99. The molecule has 0 fully saturated rings. The quantitative estimate of drug-likeness (QED) is 0.303. The van der Waals surface area contributed by atoms with Gasteiger partial charge in [-0.05, 0) is 41.8 Å². The van der Waals surface area contributed by atoms with E-state index in [1.165, 1.54) is 18.2 Å². The van der Waals surface area contributed by atoms with E-state index in [0.29, 0.717) is 35.9 Å². The Hall–Kier alpha value is -4.17. The van der Waals surface area contributed by atoms with Gasteiger partial charge in [0.25, 0.3) is 5.69 Å². The first-order valence-corrected chi connectivity index (χ1v) is 10.8. The molecule has 172 valence electrons. The van der Waals surface area contributed by atoms with E-state index in [1.807, 2.05) is 24.3 Å². The molecule has 3 aromatic rings. The van der Waals surface area contributed by atoms with Crippen molar-refractivity contribution >= 4 is 17.5 Å². The van der Waals surface area contributed by atoms with Crippen LogP contribution in [-0.4, -0.2) is 36.0 Å². The Bertz CT molecular complexity index is 1320. The van der Waals surface area contributed by atoms with Crippen LogP contribution in [0.3, 0.4) is 0 Å². The molecule has 0 saturated heterocycles. The fourth-order valence-corrected chi connectivity index (χ4v) is 4.22. The highest BCUT2D eigenvalue weighted by Crippen LogP contribution is 2.42. The summed E-state index contributed by atoms with van der Waals surface area (Å²) in [5, 5.41) is 11.1. The molecule has 0 spiro atoms. The maximum absolute atomic E-state index is 13.0. The lowest BCUT2D eigenvalue weighted by molar-refractivity contribution is -0.384. The first-order chi connectivity index (χ1) is 16.5. The molecule has 34 heavy (non-hydrogen) atoms. The van der Waals surface area contributed by atoms with Gasteiger partial charge in [-0.1, -0.05) is 30.3 Å². The molecule has 2 aliphatic rings. The lowest BCUT2D eigenvalue weighted by atomic mass is 10.0. The van der Waals surface area contributed by atoms with Crippen molar-refractivity contribution in [2.24, 2.45) is 0 Å². The summed E-state index contributed by atoms with van der Waals surface area (Å²) in [6.07, 6.45) is 2.32. The van der Waals surface area contributed by atoms with Gasteiger partial charge in [-0.15, -0.1) is 0 Å². The zero-order valence-electron chi connectivity index (χ0n) is 18.5. The average molecular weight is 458 g/mol. The van der Waals surface area contributed by atoms with Crippen LogP contribution in [0.25, 0.3) is 6.08 Å². The molecule has 0 N–H and O–H groups in total. The Morgan fingerprint density at radius 1 is 1.15 bits per heavy atom. The molecule has 0 atom stereocenters. The number of rotatable bonds is 6. The molecule has 8 heteroatoms. The summed E-state index contributed by atoms with van der Waals surface area (Å²) in [6.45, 7) is 1.75. The summed E-state index contributed by atoms with van der Waals surface area (Å²) in [7, 11) is 1.66. The van der Waals surface area contributed by atoms with E-state index >= 15 is 0 Å². The number of Topliss-reactive ketones (excluding diaryl/α,β-unsaturated/α-hetero) is 1. The van der Waals surface area contributed by atoms with Crippen molar-refractivity contribution in [3.05, 3.63) is 98.8 Å². The zero-order valence-corrected chi connectivity index (χ0v) is 18.5. The number of ketones is 1. The van der Waals surface area contributed by atoms with E-state index in [-0.39, 0.29) is 17.2 Å². The number of non-ortho nitro benzene ring substituents is 1. The van der Waals surface area contributed by atoms with E-state index < -0.39 is 4.92 Å². The fraction of sp³-hybridized carbons (Fsp3) is 0.192. The number of methoxy groups -OCH3 is 1. The van der Waals surface area contributed by atoms with Gasteiger partial charge in [-0.25, -0.2) is 0 Å². The number of fused-ring (bicyclic) bond motifs is 3. The van der Waals surface area contributed by atoms with Gasteiger partial charge >= 0.3 is 0 Å². The second-order valence-electron chi connectivity index (χ2n) is 8.10. The third kappa shape index (κ3) is 4.11. The van der Waals surface area contributed by atoms with E-state index in [2.05, 4.69) is 4.90 Å². The summed E-state index contributed by atoms with van der Waals surface area (Å²) >= 11 is 0. The highest BCUT2D eigenvalue weighted by atomic mass is 16.6. The Morgan fingerprint density at radius 3 is 2.82 bits per heavy atom. The van der Waals surface area contributed by atoms with Gasteiger partial charge < -0.3 is 14.2 Å². The van der Waals surface area contributed by atoms with Crippen LogP contribution in [0.2, 0.25) is 0 Å². The number of hydrogen-bond acceptors (Lipinski definition) is 7. The molecular formula is C26H22N2O6. The lowest BCUT2D eigenvalue weighted by Crippen LogP contribution is -2.33. The van der Waals surface area contributed by atoms with E-state index in [0.717, 1.165) is 29.8 Å². The number of carbonyl (C=O) groups is 1. The number of nitro groups is 1. The molecule has 2 aliphatic heterocycles. The highest BCUT2D eigenvalue weighted by Gasteiger charge is 2.33. The molecule has 0 unspecified atom stereocenters. The van der Waals surface area contributed by atoms with Crippen LogP contribution in [0.5, 0.6) is 17.2 Å². The second-order valence-corrected chi connectivity index (χ2v) is 8.10. The molecule has 2 heterocycles. The molecule has 0 radical (unpaired) electrons. The van der Waals surface area contributed by atoms with Crippen molar-refractivity contribution in [3.8, 4) is 17.2 Å². The number of benzene rings is 3. The van der Waals surface area contributed by atoms with Gasteiger partial charge in [-0.2, -0.15) is 0 Å². The van der Waals surface area contributed by atoms with Gasteiger partial charge in [0, 0.05) is 25.2 Å². The van der Waals surface area contributed by atoms with Gasteiger partial charge in [0.15, 0.2) is 5.76 Å². The molecule has 0 saturated carbocycles. The van der Waals surface area contributed by atoms with Gasteiger partial charge in [-0.3, -0.25) is 19.8 Å². The predicted molar refractivity (Wildman–Crippen MR) is 125 cm³/mol. The van der Waals surface area contributed by atoms with Crippen LogP contribution >= 0.6 is 0 Å². The Labute approximate surface area is 196 Å². The van der Waals surface area contributed by atoms with Gasteiger partial charge in [0.05, 0.1) is 23.2 Å². The highest BCUT2D eigenvalue weighted by molar-refractivity contribution is 6.15. The van der Waals surface area contributed by atoms with Crippen molar-refractivity contribution in [2.45, 2.75) is 13.0 Å². The monoisotopic (exact) mass is 458 g/mol. The third-order valence-corrected chi connectivity index (χ3v) is 5.95. The van der Waals surface area contributed by atoms with Crippen LogP contribution in [0.4, 0.5) is 5.69 Å². The molecule has 0 bridgehead atoms. The van der Waals surface area contributed by atoms with Crippen molar-refractivity contribution < 1.29 is 23.9 Å². The number of nitrogens with zero attached hydrogens (tertiary/aromatic N) is 2. The Balaban J connectivity index is 1.36. The number of ether oxygens (including phenoxy) is 3. The number of nitro benzene ring substituents is 1. The Kier molecular flexibility index (Phi) is 5.73. The van der Waals surface area contributed by atoms with Gasteiger partial charge in [0.1, 0.15) is 24.0 Å². The molecule has 0 amide bonds. The minimum Gasteiger partial charge on any atom is -0.496 e. The standard InChI is InChI=1S/C26H22N2O6/c1-32-22-8-3-2-6-18(22)11-12-27-15-21-23(33-16-27)10-9-20-25(29)24(34-26(20)21)14-17-5-4-7-19(13-17)28(30)31/h2-10,13-14H,11-12,15-16H2,1H3/b24-14-. The summed E-state index contributed by atoms with van der Waals surface area (Å²) in [6, 6.07) is 17.5. The SMILES string of the molecule is COc1ccccc1CCN1COc2ccc3c(c2C1)O/C(=C\c1cccc([N+](=O)[O-])c1)C3=O. The molecule has 5 rings (SSSR count). The smallest absolute Gasteiger partial charge is 0.270 e.